The Bertz CT molecular complexity index is 1380. The van der Waals surface area contributed by atoms with E-state index in [9.17, 15) is 8.42 Å². The van der Waals surface area contributed by atoms with Crippen LogP contribution in [0.15, 0.2) is 77.7 Å². The highest BCUT2D eigenvalue weighted by Gasteiger charge is 2.18. The molecule has 1 N–H and O–H groups in total. The predicted molar refractivity (Wildman–Crippen MR) is 137 cm³/mol. The number of nitrogens with one attached hydrogen (secondary N) is 1. The van der Waals surface area contributed by atoms with Crippen LogP contribution in [0.25, 0.3) is 21.6 Å². The molecular weight excluding hydrogens is 521 g/mol. The highest BCUT2D eigenvalue weighted by Crippen LogP contribution is 2.43. The number of ether oxygens (including phenoxy) is 1. The van der Waals surface area contributed by atoms with E-state index in [0.29, 0.717) is 15.1 Å². The van der Waals surface area contributed by atoms with Crippen LogP contribution in [0, 0.1) is 0 Å². The van der Waals surface area contributed by atoms with Crippen molar-refractivity contribution >= 4 is 56.2 Å². The molecule has 33 heavy (non-hydrogen) atoms. The van der Waals surface area contributed by atoms with Crippen LogP contribution in [0.1, 0.15) is 4.88 Å². The first-order chi connectivity index (χ1) is 15.8. The smallest absolute Gasteiger partial charge is 0.240 e. The van der Waals surface area contributed by atoms with Gasteiger partial charge in [-0.3, -0.25) is 0 Å². The zero-order valence-corrected chi connectivity index (χ0v) is 21.2. The zero-order chi connectivity index (χ0) is 23.6. The lowest BCUT2D eigenvalue weighted by Crippen LogP contribution is -2.22. The van der Waals surface area contributed by atoms with Crippen LogP contribution in [0.5, 0.6) is 5.75 Å². The Morgan fingerprint density at radius 3 is 2.15 bits per heavy atom. The third-order valence-corrected chi connectivity index (χ3v) is 8.32. The van der Waals surface area contributed by atoms with Gasteiger partial charge in [0, 0.05) is 42.5 Å². The summed E-state index contributed by atoms with van der Waals surface area (Å²) >= 11 is 20.0. The Morgan fingerprint density at radius 2 is 1.52 bits per heavy atom. The van der Waals surface area contributed by atoms with Crippen LogP contribution in [0.2, 0.25) is 15.1 Å². The minimum Gasteiger partial charge on any atom is -0.497 e. The molecule has 0 amide bonds. The standard InChI is InChI=1S/C24H18Cl3NO3S2/c1-31-18-7-2-15(3-8-18)24-22(21-11-6-17(26)12-23(21)27)13-19(32-24)14-28-33(29,30)20-9-4-16(25)5-10-20/h2-13,28H,14H2,1H3. The second-order valence-electron chi connectivity index (χ2n) is 7.09. The molecule has 0 unspecified atom stereocenters. The predicted octanol–water partition coefficient (Wildman–Crippen LogP) is 7.53. The number of halogens is 3. The van der Waals surface area contributed by atoms with Crippen molar-refractivity contribution in [2.45, 2.75) is 11.4 Å². The van der Waals surface area contributed by atoms with Crippen molar-refractivity contribution in [2.75, 3.05) is 7.11 Å². The van der Waals surface area contributed by atoms with E-state index < -0.39 is 10.0 Å². The fourth-order valence-electron chi connectivity index (χ4n) is 3.26. The summed E-state index contributed by atoms with van der Waals surface area (Å²) in [6.45, 7) is 0.129. The molecule has 4 nitrogen and oxygen atoms in total. The van der Waals surface area contributed by atoms with Crippen molar-refractivity contribution in [3.63, 3.8) is 0 Å². The zero-order valence-electron chi connectivity index (χ0n) is 17.3. The van der Waals surface area contributed by atoms with Gasteiger partial charge in [-0.25, -0.2) is 13.1 Å². The topological polar surface area (TPSA) is 55.4 Å². The van der Waals surface area contributed by atoms with E-state index in [1.54, 1.807) is 31.4 Å². The number of sulfonamides is 1. The number of thiophene rings is 1. The molecule has 0 saturated heterocycles. The fraction of sp³-hybridized carbons (Fsp3) is 0.0833. The van der Waals surface area contributed by atoms with E-state index in [-0.39, 0.29) is 11.4 Å². The molecule has 0 spiro atoms. The van der Waals surface area contributed by atoms with Gasteiger partial charge in [0.25, 0.3) is 0 Å². The molecule has 4 rings (SSSR count). The molecule has 170 valence electrons. The summed E-state index contributed by atoms with van der Waals surface area (Å²) in [5.74, 6) is 0.748. The molecule has 0 aliphatic heterocycles. The van der Waals surface area contributed by atoms with Crippen LogP contribution in [0.3, 0.4) is 0 Å². The SMILES string of the molecule is COc1ccc(-c2sc(CNS(=O)(=O)c3ccc(Cl)cc3)cc2-c2ccc(Cl)cc2Cl)cc1. The number of hydrogen-bond acceptors (Lipinski definition) is 4. The van der Waals surface area contributed by atoms with Gasteiger partial charge < -0.3 is 4.74 Å². The van der Waals surface area contributed by atoms with Gasteiger partial charge in [-0.15, -0.1) is 11.3 Å². The highest BCUT2D eigenvalue weighted by atomic mass is 35.5. The Hall–Kier alpha value is -2.06. The summed E-state index contributed by atoms with van der Waals surface area (Å²) in [4.78, 5) is 1.95. The maximum atomic E-state index is 12.7. The van der Waals surface area contributed by atoms with Crippen molar-refractivity contribution in [3.05, 3.63) is 92.7 Å². The number of hydrogen-bond donors (Lipinski definition) is 1. The molecule has 1 aromatic heterocycles. The van der Waals surface area contributed by atoms with E-state index in [4.69, 9.17) is 39.5 Å². The van der Waals surface area contributed by atoms with Gasteiger partial charge >= 0.3 is 0 Å². The average molecular weight is 539 g/mol. The molecule has 3 aromatic carbocycles. The van der Waals surface area contributed by atoms with E-state index in [1.807, 2.05) is 36.4 Å². The van der Waals surface area contributed by atoms with Crippen molar-refractivity contribution < 1.29 is 13.2 Å². The van der Waals surface area contributed by atoms with Gasteiger partial charge in [0.1, 0.15) is 5.75 Å². The van der Waals surface area contributed by atoms with Crippen LogP contribution in [0.4, 0.5) is 0 Å². The lowest BCUT2D eigenvalue weighted by Gasteiger charge is -2.08. The second kappa shape index (κ2) is 10.1. The minimum absolute atomic E-state index is 0.129. The van der Waals surface area contributed by atoms with Crippen LogP contribution in [-0.2, 0) is 16.6 Å². The molecule has 9 heteroatoms. The Balaban J connectivity index is 1.70. The Morgan fingerprint density at radius 1 is 0.848 bits per heavy atom. The van der Waals surface area contributed by atoms with Crippen molar-refractivity contribution in [3.8, 4) is 27.3 Å². The maximum Gasteiger partial charge on any atom is 0.240 e. The van der Waals surface area contributed by atoms with Crippen LogP contribution in [-0.4, -0.2) is 15.5 Å². The number of rotatable bonds is 7. The summed E-state index contributed by atoms with van der Waals surface area (Å²) in [5, 5.41) is 1.53. The quantitative estimate of drug-likeness (QED) is 0.265. The van der Waals surface area contributed by atoms with Gasteiger partial charge in [0.05, 0.1) is 12.0 Å². The lowest BCUT2D eigenvalue weighted by atomic mass is 10.0. The Labute approximate surface area is 211 Å². The largest absolute Gasteiger partial charge is 0.497 e. The first-order valence-corrected chi connectivity index (χ1v) is 13.2. The molecule has 0 aliphatic rings. The van der Waals surface area contributed by atoms with E-state index >= 15 is 0 Å². The molecule has 0 aliphatic carbocycles. The first-order valence-electron chi connectivity index (χ1n) is 9.74. The molecule has 0 fully saturated rings. The van der Waals surface area contributed by atoms with Crippen LogP contribution >= 0.6 is 46.1 Å². The summed E-state index contributed by atoms with van der Waals surface area (Å²) in [6, 6.07) is 21.0. The van der Waals surface area contributed by atoms with E-state index in [2.05, 4.69) is 4.72 Å². The van der Waals surface area contributed by atoms with Gasteiger partial charge in [-0.2, -0.15) is 0 Å². The van der Waals surface area contributed by atoms with Crippen molar-refractivity contribution in [1.29, 1.82) is 0 Å². The summed E-state index contributed by atoms with van der Waals surface area (Å²) < 4.78 is 33.4. The van der Waals surface area contributed by atoms with Crippen molar-refractivity contribution in [1.82, 2.24) is 4.72 Å². The average Bonchev–Trinajstić information content (AvgIpc) is 3.22. The first kappa shape index (κ1) is 24.1. The molecular formula is C24H18Cl3NO3S2. The minimum atomic E-state index is -3.69. The van der Waals surface area contributed by atoms with E-state index in [0.717, 1.165) is 32.2 Å². The van der Waals surface area contributed by atoms with Gasteiger partial charge in [0.2, 0.25) is 10.0 Å². The summed E-state index contributed by atoms with van der Waals surface area (Å²) in [7, 11) is -2.08. The van der Waals surface area contributed by atoms with Gasteiger partial charge in [0.15, 0.2) is 0 Å². The molecule has 4 aromatic rings. The maximum absolute atomic E-state index is 12.7. The summed E-state index contributed by atoms with van der Waals surface area (Å²) in [6.07, 6.45) is 0. The third kappa shape index (κ3) is 5.54. The number of benzene rings is 3. The summed E-state index contributed by atoms with van der Waals surface area (Å²) in [5.41, 5.74) is 2.68. The third-order valence-electron chi connectivity index (χ3n) is 4.92. The normalized spacial score (nSPS) is 11.5. The molecule has 0 saturated carbocycles. The van der Waals surface area contributed by atoms with E-state index in [1.165, 1.54) is 23.5 Å². The molecule has 0 atom stereocenters. The fourth-order valence-corrected chi connectivity index (χ4v) is 6.11. The monoisotopic (exact) mass is 537 g/mol. The molecule has 0 bridgehead atoms. The van der Waals surface area contributed by atoms with Gasteiger partial charge in [-0.05, 0) is 72.3 Å². The molecule has 0 radical (unpaired) electrons. The Kier molecular flexibility index (Phi) is 7.34. The molecule has 1 heterocycles. The van der Waals surface area contributed by atoms with Gasteiger partial charge in [-0.1, -0.05) is 40.9 Å². The highest BCUT2D eigenvalue weighted by molar-refractivity contribution is 7.89. The lowest BCUT2D eigenvalue weighted by molar-refractivity contribution is 0.415. The van der Waals surface area contributed by atoms with Crippen molar-refractivity contribution in [2.24, 2.45) is 0 Å². The van der Waals surface area contributed by atoms with Crippen LogP contribution < -0.4 is 9.46 Å². The number of methoxy groups -OCH3 is 1. The second-order valence-corrected chi connectivity index (χ2v) is 11.3.